The van der Waals surface area contributed by atoms with Crippen molar-refractivity contribution in [2.75, 3.05) is 26.2 Å². The Balaban J connectivity index is 1.56. The molecule has 0 radical (unpaired) electrons. The monoisotopic (exact) mass is 423 g/mol. The fourth-order valence-corrected chi connectivity index (χ4v) is 3.74. The molecule has 6 nitrogen and oxygen atoms in total. The third-order valence-corrected chi connectivity index (χ3v) is 5.27. The maximum absolute atomic E-state index is 13.0. The maximum Gasteiger partial charge on any atom is 0.247 e. The summed E-state index contributed by atoms with van der Waals surface area (Å²) >= 11 is 0. The second-order valence-corrected chi connectivity index (χ2v) is 8.47. The van der Waals surface area contributed by atoms with Crippen LogP contribution in [-0.2, 0) is 20.9 Å². The smallest absolute Gasteiger partial charge is 0.247 e. The zero-order valence-electron chi connectivity index (χ0n) is 18.4. The molecule has 2 amide bonds. The number of hydrogen-bond acceptors (Lipinski definition) is 4. The van der Waals surface area contributed by atoms with Crippen molar-refractivity contribution < 1.29 is 14.3 Å². The van der Waals surface area contributed by atoms with E-state index in [1.807, 2.05) is 62.4 Å². The average molecular weight is 424 g/mol. The van der Waals surface area contributed by atoms with Crippen LogP contribution >= 0.6 is 0 Å². The number of benzene rings is 2. The number of carbonyl (C=O) groups is 2. The molecule has 2 aromatic rings. The third-order valence-electron chi connectivity index (χ3n) is 5.27. The van der Waals surface area contributed by atoms with Gasteiger partial charge in [0.25, 0.3) is 0 Å². The van der Waals surface area contributed by atoms with Gasteiger partial charge >= 0.3 is 0 Å². The molecule has 1 aliphatic heterocycles. The van der Waals surface area contributed by atoms with E-state index in [4.69, 9.17) is 4.74 Å². The molecule has 0 saturated carbocycles. The minimum absolute atomic E-state index is 0.0794. The Morgan fingerprint density at radius 3 is 2.42 bits per heavy atom. The summed E-state index contributed by atoms with van der Waals surface area (Å²) in [6, 6.07) is 19.0. The van der Waals surface area contributed by atoms with E-state index in [2.05, 4.69) is 27.7 Å². The Morgan fingerprint density at radius 1 is 1.06 bits per heavy atom. The lowest BCUT2D eigenvalue weighted by atomic mass is 10.0. The topological polar surface area (TPSA) is 70.7 Å². The van der Waals surface area contributed by atoms with E-state index >= 15 is 0 Å². The number of morpholine rings is 1. The summed E-state index contributed by atoms with van der Waals surface area (Å²) in [5.74, 6) is -0.111. The molecule has 166 valence electrons. The van der Waals surface area contributed by atoms with Crippen LogP contribution in [0.2, 0.25) is 0 Å². The van der Waals surface area contributed by atoms with Gasteiger partial charge < -0.3 is 15.4 Å². The van der Waals surface area contributed by atoms with Crippen LogP contribution < -0.4 is 10.6 Å². The number of ether oxygens (including phenoxy) is 1. The largest absolute Gasteiger partial charge is 0.374 e. The van der Waals surface area contributed by atoms with Gasteiger partial charge in [-0.3, -0.25) is 14.5 Å². The molecular weight excluding hydrogens is 390 g/mol. The third kappa shape index (κ3) is 7.49. The molecule has 3 rings (SSSR count). The van der Waals surface area contributed by atoms with E-state index in [-0.39, 0.29) is 23.8 Å². The molecule has 2 unspecified atom stereocenters. The van der Waals surface area contributed by atoms with Crippen LogP contribution in [0.15, 0.2) is 60.7 Å². The molecule has 2 atom stereocenters. The molecule has 2 N–H and O–H groups in total. The Hall–Kier alpha value is -2.70. The van der Waals surface area contributed by atoms with Gasteiger partial charge in [-0.2, -0.15) is 0 Å². The molecule has 31 heavy (non-hydrogen) atoms. The van der Waals surface area contributed by atoms with Gasteiger partial charge in [-0.15, -0.1) is 0 Å². The lowest BCUT2D eigenvalue weighted by molar-refractivity contribution is -0.130. The molecule has 1 saturated heterocycles. The van der Waals surface area contributed by atoms with Gasteiger partial charge in [0.1, 0.15) is 6.04 Å². The summed E-state index contributed by atoms with van der Waals surface area (Å²) in [5, 5.41) is 5.88. The second-order valence-electron chi connectivity index (χ2n) is 8.47. The minimum atomic E-state index is -0.712. The van der Waals surface area contributed by atoms with Crippen molar-refractivity contribution in [2.24, 2.45) is 5.92 Å². The summed E-state index contributed by atoms with van der Waals surface area (Å²) in [7, 11) is 0. The van der Waals surface area contributed by atoms with Crippen LogP contribution in [0.3, 0.4) is 0 Å². The van der Waals surface area contributed by atoms with Gasteiger partial charge in [0.2, 0.25) is 11.8 Å². The summed E-state index contributed by atoms with van der Waals surface area (Å²) in [6.07, 6.45) is 0.306. The van der Waals surface area contributed by atoms with Crippen LogP contribution in [0.1, 0.15) is 37.4 Å². The Labute approximate surface area is 185 Å². The van der Waals surface area contributed by atoms with Gasteiger partial charge in [0, 0.05) is 32.6 Å². The Kier molecular flexibility index (Phi) is 8.62. The average Bonchev–Trinajstić information content (AvgIpc) is 2.77. The molecule has 6 heteroatoms. The number of rotatable bonds is 9. The lowest BCUT2D eigenvalue weighted by Gasteiger charge is -2.33. The Morgan fingerprint density at radius 2 is 1.74 bits per heavy atom. The summed E-state index contributed by atoms with van der Waals surface area (Å²) in [5.41, 5.74) is 2.04. The number of nitrogens with zero attached hydrogens (tertiary/aromatic N) is 1. The van der Waals surface area contributed by atoms with Crippen molar-refractivity contribution in [3.8, 4) is 0 Å². The highest BCUT2D eigenvalue weighted by atomic mass is 16.5. The van der Waals surface area contributed by atoms with Gasteiger partial charge in [0.15, 0.2) is 0 Å². The van der Waals surface area contributed by atoms with Gasteiger partial charge in [-0.05, 0) is 17.0 Å². The molecule has 1 aliphatic rings. The van der Waals surface area contributed by atoms with E-state index in [0.29, 0.717) is 19.6 Å². The lowest BCUT2D eigenvalue weighted by Crippen LogP contribution is -2.49. The van der Waals surface area contributed by atoms with Crippen molar-refractivity contribution in [3.05, 3.63) is 71.8 Å². The SMILES string of the molecule is CC(C)CC(=O)NC(C(=O)NCC1CN(Cc2ccccc2)CCO1)c1ccccc1. The first-order chi connectivity index (χ1) is 15.0. The second kappa shape index (κ2) is 11.6. The molecule has 0 bridgehead atoms. The molecule has 0 aromatic heterocycles. The van der Waals surface area contributed by atoms with Crippen molar-refractivity contribution in [1.82, 2.24) is 15.5 Å². The van der Waals surface area contributed by atoms with E-state index in [0.717, 1.165) is 25.2 Å². The van der Waals surface area contributed by atoms with E-state index in [1.54, 1.807) is 0 Å². The first-order valence-electron chi connectivity index (χ1n) is 11.0. The van der Waals surface area contributed by atoms with Crippen LogP contribution in [0.4, 0.5) is 0 Å². The highest BCUT2D eigenvalue weighted by Gasteiger charge is 2.25. The minimum Gasteiger partial charge on any atom is -0.374 e. The predicted molar refractivity (Wildman–Crippen MR) is 121 cm³/mol. The summed E-state index contributed by atoms with van der Waals surface area (Å²) < 4.78 is 5.87. The van der Waals surface area contributed by atoms with Crippen LogP contribution in [0, 0.1) is 5.92 Å². The van der Waals surface area contributed by atoms with Crippen LogP contribution in [-0.4, -0.2) is 49.1 Å². The first-order valence-corrected chi connectivity index (χ1v) is 11.0. The van der Waals surface area contributed by atoms with Crippen LogP contribution in [0.5, 0.6) is 0 Å². The highest BCUT2D eigenvalue weighted by molar-refractivity contribution is 5.88. The fraction of sp³-hybridized carbons (Fsp3) is 0.440. The summed E-state index contributed by atoms with van der Waals surface area (Å²) in [6.45, 7) is 7.51. The zero-order chi connectivity index (χ0) is 22.1. The van der Waals surface area contributed by atoms with E-state index in [1.165, 1.54) is 5.56 Å². The molecule has 0 aliphatic carbocycles. The number of amides is 2. The zero-order valence-corrected chi connectivity index (χ0v) is 18.4. The quantitative estimate of drug-likeness (QED) is 0.651. The van der Waals surface area contributed by atoms with E-state index < -0.39 is 6.04 Å². The molecule has 1 heterocycles. The van der Waals surface area contributed by atoms with Gasteiger partial charge in [-0.1, -0.05) is 74.5 Å². The molecule has 2 aromatic carbocycles. The highest BCUT2D eigenvalue weighted by Crippen LogP contribution is 2.15. The molecule has 0 spiro atoms. The predicted octanol–water partition coefficient (Wildman–Crippen LogP) is 2.91. The number of carbonyl (C=O) groups excluding carboxylic acids is 2. The standard InChI is InChI=1S/C25H33N3O3/c1-19(2)15-23(29)27-24(21-11-7-4-8-12-21)25(30)26-16-22-18-28(13-14-31-22)17-20-9-5-3-6-10-20/h3-12,19,22,24H,13-18H2,1-2H3,(H,26,30)(H,27,29). The number of hydrogen-bond donors (Lipinski definition) is 2. The first kappa shape index (κ1) is 23.0. The van der Waals surface area contributed by atoms with Gasteiger partial charge in [-0.25, -0.2) is 0 Å². The van der Waals surface area contributed by atoms with Gasteiger partial charge in [0.05, 0.1) is 12.7 Å². The van der Waals surface area contributed by atoms with Crippen molar-refractivity contribution in [3.63, 3.8) is 0 Å². The maximum atomic E-state index is 13.0. The Bertz CT molecular complexity index is 826. The molecular formula is C25H33N3O3. The van der Waals surface area contributed by atoms with Crippen molar-refractivity contribution in [2.45, 2.75) is 39.0 Å². The van der Waals surface area contributed by atoms with Crippen molar-refractivity contribution in [1.29, 1.82) is 0 Å². The van der Waals surface area contributed by atoms with Crippen molar-refractivity contribution >= 4 is 11.8 Å². The molecule has 1 fully saturated rings. The normalized spacial score (nSPS) is 17.8. The van der Waals surface area contributed by atoms with Crippen LogP contribution in [0.25, 0.3) is 0 Å². The fourth-order valence-electron chi connectivity index (χ4n) is 3.74. The van der Waals surface area contributed by atoms with E-state index in [9.17, 15) is 9.59 Å². The summed E-state index contributed by atoms with van der Waals surface area (Å²) in [4.78, 5) is 27.7. The number of nitrogens with one attached hydrogen (secondary N) is 2.